The first kappa shape index (κ1) is 13.0. The van der Waals surface area contributed by atoms with E-state index in [2.05, 4.69) is 42.9 Å². The van der Waals surface area contributed by atoms with Crippen LogP contribution in [0.5, 0.6) is 0 Å². The zero-order chi connectivity index (χ0) is 12.5. The molecular formula is C13H26N4. The van der Waals surface area contributed by atoms with Gasteiger partial charge in [-0.2, -0.15) is 0 Å². The fourth-order valence-corrected chi connectivity index (χ4v) is 3.12. The first-order valence-corrected chi connectivity index (χ1v) is 6.71. The van der Waals surface area contributed by atoms with Crippen LogP contribution in [0.25, 0.3) is 0 Å². The van der Waals surface area contributed by atoms with Crippen molar-refractivity contribution in [1.29, 1.82) is 0 Å². The summed E-state index contributed by atoms with van der Waals surface area (Å²) < 4.78 is 0. The van der Waals surface area contributed by atoms with Gasteiger partial charge in [-0.1, -0.05) is 18.6 Å². The highest BCUT2D eigenvalue weighted by atomic mass is 15.3. The van der Waals surface area contributed by atoms with Crippen LogP contribution in [0.2, 0.25) is 0 Å². The minimum atomic E-state index is 0.180. The summed E-state index contributed by atoms with van der Waals surface area (Å²) in [6, 6.07) is 0.566. The maximum Gasteiger partial charge on any atom is 0.0739 e. The topological polar surface area (TPSA) is 62.1 Å². The second kappa shape index (κ2) is 5.06. The molecule has 4 heteroatoms. The summed E-state index contributed by atoms with van der Waals surface area (Å²) in [5.74, 6) is 6.32. The zero-order valence-electron chi connectivity index (χ0n) is 11.2. The molecule has 1 saturated heterocycles. The van der Waals surface area contributed by atoms with Crippen molar-refractivity contribution in [3.05, 3.63) is 11.6 Å². The van der Waals surface area contributed by atoms with E-state index in [1.54, 1.807) is 0 Å². The third-order valence-corrected chi connectivity index (χ3v) is 4.32. The SMILES string of the molecule is CC(C)=CC[C@H](NN)N[C@@H]1[C@@H](C)[C@]12CCCN2. The van der Waals surface area contributed by atoms with E-state index in [4.69, 9.17) is 5.84 Å². The summed E-state index contributed by atoms with van der Waals surface area (Å²) in [5, 5.41) is 7.29. The Morgan fingerprint density at radius 1 is 1.59 bits per heavy atom. The van der Waals surface area contributed by atoms with Crippen LogP contribution in [0.15, 0.2) is 11.6 Å². The molecule has 4 atom stereocenters. The molecule has 2 aliphatic rings. The normalized spacial score (nSPS) is 37.2. The lowest BCUT2D eigenvalue weighted by Gasteiger charge is -2.18. The second-order valence-corrected chi connectivity index (χ2v) is 5.74. The Bertz CT molecular complexity index is 290. The van der Waals surface area contributed by atoms with Crippen molar-refractivity contribution >= 4 is 0 Å². The molecule has 0 aromatic carbocycles. The van der Waals surface area contributed by atoms with Gasteiger partial charge in [0.25, 0.3) is 0 Å². The number of nitrogens with one attached hydrogen (secondary N) is 3. The van der Waals surface area contributed by atoms with Gasteiger partial charge < -0.3 is 5.32 Å². The number of hydrazine groups is 1. The first-order chi connectivity index (χ1) is 8.10. The van der Waals surface area contributed by atoms with Crippen molar-refractivity contribution in [2.45, 2.75) is 57.8 Å². The Kier molecular flexibility index (Phi) is 3.88. The Balaban J connectivity index is 1.86. The van der Waals surface area contributed by atoms with E-state index in [0.717, 1.165) is 13.0 Å². The van der Waals surface area contributed by atoms with E-state index in [1.165, 1.54) is 18.4 Å². The van der Waals surface area contributed by atoms with E-state index < -0.39 is 0 Å². The molecule has 17 heavy (non-hydrogen) atoms. The Hall–Kier alpha value is -0.420. The third kappa shape index (κ3) is 2.55. The van der Waals surface area contributed by atoms with E-state index >= 15 is 0 Å². The minimum Gasteiger partial charge on any atom is -0.309 e. The molecule has 5 N–H and O–H groups in total. The van der Waals surface area contributed by atoms with Gasteiger partial charge in [-0.15, -0.1) is 0 Å². The van der Waals surface area contributed by atoms with Gasteiger partial charge in [0, 0.05) is 11.6 Å². The van der Waals surface area contributed by atoms with Gasteiger partial charge >= 0.3 is 0 Å². The summed E-state index contributed by atoms with van der Waals surface area (Å²) in [7, 11) is 0. The maximum absolute atomic E-state index is 5.61. The lowest BCUT2D eigenvalue weighted by molar-refractivity contribution is 0.403. The Labute approximate surface area is 104 Å². The van der Waals surface area contributed by atoms with Crippen molar-refractivity contribution in [3.8, 4) is 0 Å². The first-order valence-electron chi connectivity index (χ1n) is 6.71. The molecule has 0 aromatic rings. The van der Waals surface area contributed by atoms with Crippen molar-refractivity contribution in [2.75, 3.05) is 6.54 Å². The highest BCUT2D eigenvalue weighted by Crippen LogP contribution is 2.49. The zero-order valence-corrected chi connectivity index (χ0v) is 11.2. The highest BCUT2D eigenvalue weighted by molar-refractivity contribution is 5.23. The Morgan fingerprint density at radius 3 is 2.88 bits per heavy atom. The molecule has 98 valence electrons. The molecule has 2 fully saturated rings. The molecule has 0 bridgehead atoms. The quantitative estimate of drug-likeness (QED) is 0.248. The lowest BCUT2D eigenvalue weighted by Crippen LogP contribution is -2.49. The average Bonchev–Trinajstić information content (AvgIpc) is 2.71. The average molecular weight is 238 g/mol. The van der Waals surface area contributed by atoms with Gasteiger partial charge in [0.15, 0.2) is 0 Å². The minimum absolute atomic E-state index is 0.180. The number of nitrogens with two attached hydrogens (primary N) is 1. The predicted octanol–water partition coefficient (Wildman–Crippen LogP) is 0.862. The number of hydrogen-bond acceptors (Lipinski definition) is 4. The summed E-state index contributed by atoms with van der Waals surface area (Å²) in [6.45, 7) is 7.72. The van der Waals surface area contributed by atoms with Crippen molar-refractivity contribution in [2.24, 2.45) is 11.8 Å². The molecule has 2 rings (SSSR count). The Morgan fingerprint density at radius 2 is 2.35 bits per heavy atom. The standard InChI is InChI=1S/C13H26N4/c1-9(2)5-6-11(17-14)16-12-10(3)13(12)7-4-8-15-13/h5,10-12,15-17H,4,6-8,14H2,1-3H3/t10-,11+,12-,13-/m1/s1. The summed E-state index contributed by atoms with van der Waals surface area (Å²) in [4.78, 5) is 0. The molecule has 1 saturated carbocycles. The molecule has 1 aliphatic heterocycles. The molecule has 0 amide bonds. The van der Waals surface area contributed by atoms with E-state index in [-0.39, 0.29) is 6.17 Å². The van der Waals surface area contributed by atoms with Gasteiger partial charge in [-0.05, 0) is 45.6 Å². The van der Waals surface area contributed by atoms with Crippen LogP contribution in [-0.4, -0.2) is 24.3 Å². The fraction of sp³-hybridized carbons (Fsp3) is 0.846. The largest absolute Gasteiger partial charge is 0.309 e. The van der Waals surface area contributed by atoms with Gasteiger partial charge in [0.05, 0.1) is 6.17 Å². The van der Waals surface area contributed by atoms with Gasteiger partial charge in [-0.25, -0.2) is 5.43 Å². The van der Waals surface area contributed by atoms with E-state index in [1.807, 2.05) is 0 Å². The van der Waals surface area contributed by atoms with Crippen molar-refractivity contribution < 1.29 is 0 Å². The van der Waals surface area contributed by atoms with Gasteiger partial charge in [0.1, 0.15) is 0 Å². The molecule has 0 aromatic heterocycles. The number of rotatable bonds is 5. The number of hydrogen-bond donors (Lipinski definition) is 4. The summed E-state index contributed by atoms with van der Waals surface area (Å²) in [6.07, 6.45) is 5.94. The number of allylic oxidation sites excluding steroid dienone is 1. The van der Waals surface area contributed by atoms with Crippen LogP contribution in [-0.2, 0) is 0 Å². The van der Waals surface area contributed by atoms with Crippen molar-refractivity contribution in [1.82, 2.24) is 16.1 Å². The molecule has 1 aliphatic carbocycles. The predicted molar refractivity (Wildman–Crippen MR) is 71.2 cm³/mol. The van der Waals surface area contributed by atoms with E-state index in [9.17, 15) is 0 Å². The molecular weight excluding hydrogens is 212 g/mol. The molecule has 0 radical (unpaired) electrons. The monoisotopic (exact) mass is 238 g/mol. The fourth-order valence-electron chi connectivity index (χ4n) is 3.12. The highest BCUT2D eigenvalue weighted by Gasteiger charge is 2.62. The van der Waals surface area contributed by atoms with Gasteiger partial charge in [0.2, 0.25) is 0 Å². The van der Waals surface area contributed by atoms with Crippen LogP contribution in [0.4, 0.5) is 0 Å². The van der Waals surface area contributed by atoms with Crippen LogP contribution >= 0.6 is 0 Å². The van der Waals surface area contributed by atoms with Crippen LogP contribution < -0.4 is 21.9 Å². The van der Waals surface area contributed by atoms with Crippen molar-refractivity contribution in [3.63, 3.8) is 0 Å². The second-order valence-electron chi connectivity index (χ2n) is 5.74. The molecule has 1 heterocycles. The van der Waals surface area contributed by atoms with Crippen LogP contribution in [0.1, 0.15) is 40.0 Å². The lowest BCUT2D eigenvalue weighted by atomic mass is 10.1. The van der Waals surface area contributed by atoms with Gasteiger partial charge in [-0.3, -0.25) is 11.2 Å². The third-order valence-electron chi connectivity index (χ3n) is 4.32. The smallest absolute Gasteiger partial charge is 0.0739 e. The summed E-state index contributed by atoms with van der Waals surface area (Å²) >= 11 is 0. The van der Waals surface area contributed by atoms with E-state index in [0.29, 0.717) is 17.5 Å². The maximum atomic E-state index is 5.61. The summed E-state index contributed by atoms with van der Waals surface area (Å²) in [5.41, 5.74) is 4.57. The van der Waals surface area contributed by atoms with Crippen LogP contribution in [0, 0.1) is 5.92 Å². The molecule has 4 nitrogen and oxygen atoms in total. The molecule has 0 unspecified atom stereocenters. The van der Waals surface area contributed by atoms with Crippen LogP contribution in [0.3, 0.4) is 0 Å². The molecule has 1 spiro atoms.